The topological polar surface area (TPSA) is 57.8 Å². The van der Waals surface area contributed by atoms with Crippen molar-refractivity contribution in [3.05, 3.63) is 66.4 Å². The van der Waals surface area contributed by atoms with Gasteiger partial charge in [0.15, 0.2) is 0 Å². The number of nitrogens with zero attached hydrogens (tertiary/aromatic N) is 5. The van der Waals surface area contributed by atoms with Gasteiger partial charge in [0.05, 0.1) is 29.8 Å². The van der Waals surface area contributed by atoms with Crippen molar-refractivity contribution >= 4 is 10.9 Å². The van der Waals surface area contributed by atoms with Crippen molar-refractivity contribution in [3.8, 4) is 11.4 Å². The molecule has 0 bridgehead atoms. The second kappa shape index (κ2) is 5.44. The van der Waals surface area contributed by atoms with Crippen LogP contribution in [0.5, 0.6) is 5.75 Å². The molecule has 0 saturated heterocycles. The lowest BCUT2D eigenvalue weighted by Crippen LogP contribution is -2.05. The van der Waals surface area contributed by atoms with Gasteiger partial charge in [-0.2, -0.15) is 10.2 Å². The van der Waals surface area contributed by atoms with Crippen molar-refractivity contribution in [2.24, 2.45) is 7.05 Å². The highest BCUT2D eigenvalue weighted by Crippen LogP contribution is 2.34. The first-order chi connectivity index (χ1) is 12.3. The van der Waals surface area contributed by atoms with Crippen LogP contribution in [0.3, 0.4) is 0 Å². The smallest absolute Gasteiger partial charge is 0.141 e. The molecule has 1 aliphatic rings. The highest BCUT2D eigenvalue weighted by atomic mass is 16.5. The number of fused-ring (bicyclic) bond motifs is 2. The minimum atomic E-state index is 0.0170. The van der Waals surface area contributed by atoms with E-state index in [9.17, 15) is 0 Å². The van der Waals surface area contributed by atoms with Gasteiger partial charge < -0.3 is 4.74 Å². The third-order valence-electron chi connectivity index (χ3n) is 4.66. The molecular formula is C19H17N5O. The summed E-state index contributed by atoms with van der Waals surface area (Å²) in [7, 11) is 1.90. The molecule has 6 nitrogen and oxygen atoms in total. The monoisotopic (exact) mass is 331 g/mol. The molecule has 124 valence electrons. The molecule has 3 heterocycles. The van der Waals surface area contributed by atoms with E-state index in [1.165, 1.54) is 5.56 Å². The fourth-order valence-electron chi connectivity index (χ4n) is 3.45. The van der Waals surface area contributed by atoms with Crippen LogP contribution < -0.4 is 4.74 Å². The van der Waals surface area contributed by atoms with Crippen LogP contribution in [0.15, 0.2) is 55.1 Å². The number of ether oxygens (including phenoxy) is 1. The van der Waals surface area contributed by atoms with E-state index in [-0.39, 0.29) is 6.10 Å². The maximum absolute atomic E-state index is 6.25. The average molecular weight is 331 g/mol. The molecule has 0 fully saturated rings. The highest BCUT2D eigenvalue weighted by Gasteiger charge is 2.25. The minimum Gasteiger partial charge on any atom is -0.484 e. The van der Waals surface area contributed by atoms with Gasteiger partial charge in [-0.05, 0) is 36.6 Å². The van der Waals surface area contributed by atoms with Gasteiger partial charge in [0.1, 0.15) is 17.5 Å². The molecule has 0 aliphatic heterocycles. The summed E-state index contributed by atoms with van der Waals surface area (Å²) in [6.07, 6.45) is 9.44. The van der Waals surface area contributed by atoms with Gasteiger partial charge in [-0.3, -0.25) is 9.67 Å². The molecule has 5 rings (SSSR count). The normalized spacial score (nSPS) is 16.3. The molecule has 1 aromatic carbocycles. The van der Waals surface area contributed by atoms with E-state index in [1.54, 1.807) is 10.9 Å². The summed E-state index contributed by atoms with van der Waals surface area (Å²) >= 11 is 0. The third-order valence-corrected chi connectivity index (χ3v) is 4.66. The zero-order valence-corrected chi connectivity index (χ0v) is 13.8. The summed E-state index contributed by atoms with van der Waals surface area (Å²) in [6, 6.07) is 10.2. The van der Waals surface area contributed by atoms with Gasteiger partial charge in [0, 0.05) is 24.7 Å². The Labute approximate surface area is 144 Å². The van der Waals surface area contributed by atoms with Crippen LogP contribution in [-0.2, 0) is 13.5 Å². The van der Waals surface area contributed by atoms with E-state index >= 15 is 0 Å². The number of benzene rings is 1. The number of hydrogen-bond acceptors (Lipinski definition) is 4. The van der Waals surface area contributed by atoms with Crippen LogP contribution in [0.1, 0.15) is 23.8 Å². The molecule has 0 radical (unpaired) electrons. The standard InChI is InChI=1S/C19H17N5O/c1-23-12-15(11-21-23)24-17-9-16(6-4-14(17)10-22-24)25-18-7-5-13-3-2-8-20-19(13)18/h2-4,6,8-12,18H,5,7H2,1H3/t18-/m1/s1. The number of pyridine rings is 1. The lowest BCUT2D eigenvalue weighted by Gasteiger charge is -2.14. The fourth-order valence-corrected chi connectivity index (χ4v) is 3.45. The molecule has 0 spiro atoms. The summed E-state index contributed by atoms with van der Waals surface area (Å²) in [4.78, 5) is 4.50. The largest absolute Gasteiger partial charge is 0.484 e. The lowest BCUT2D eigenvalue weighted by atomic mass is 10.2. The Morgan fingerprint density at radius 3 is 3.00 bits per heavy atom. The summed E-state index contributed by atoms with van der Waals surface area (Å²) in [5, 5.41) is 9.78. The van der Waals surface area contributed by atoms with Crippen LogP contribution in [-0.4, -0.2) is 24.5 Å². The molecule has 1 aliphatic carbocycles. The molecular weight excluding hydrogens is 314 g/mol. The van der Waals surface area contributed by atoms with Gasteiger partial charge in [-0.25, -0.2) is 4.68 Å². The average Bonchev–Trinajstić information content (AvgIpc) is 3.33. The number of aromatic nitrogens is 5. The van der Waals surface area contributed by atoms with Crippen LogP contribution >= 0.6 is 0 Å². The maximum atomic E-state index is 6.25. The van der Waals surface area contributed by atoms with Crippen molar-refractivity contribution < 1.29 is 4.74 Å². The Kier molecular flexibility index (Phi) is 3.09. The second-order valence-corrected chi connectivity index (χ2v) is 6.34. The van der Waals surface area contributed by atoms with E-state index in [0.717, 1.165) is 40.9 Å². The maximum Gasteiger partial charge on any atom is 0.141 e. The predicted octanol–water partition coefficient (Wildman–Crippen LogP) is 3.22. The zero-order chi connectivity index (χ0) is 16.8. The Morgan fingerprint density at radius 2 is 2.12 bits per heavy atom. The third kappa shape index (κ3) is 2.38. The van der Waals surface area contributed by atoms with Crippen molar-refractivity contribution in [1.29, 1.82) is 0 Å². The first-order valence-corrected chi connectivity index (χ1v) is 8.35. The second-order valence-electron chi connectivity index (χ2n) is 6.34. The van der Waals surface area contributed by atoms with E-state index in [2.05, 4.69) is 21.2 Å². The Morgan fingerprint density at radius 1 is 1.16 bits per heavy atom. The Hall–Kier alpha value is -3.15. The molecule has 0 N–H and O–H groups in total. The fraction of sp³-hybridized carbons (Fsp3) is 0.211. The molecule has 0 amide bonds. The summed E-state index contributed by atoms with van der Waals surface area (Å²) < 4.78 is 9.90. The Balaban J connectivity index is 1.51. The van der Waals surface area contributed by atoms with Gasteiger partial charge in [0.25, 0.3) is 0 Å². The molecule has 1 atom stereocenters. The van der Waals surface area contributed by atoms with Crippen molar-refractivity contribution in [2.45, 2.75) is 18.9 Å². The van der Waals surface area contributed by atoms with Crippen LogP contribution in [0.2, 0.25) is 0 Å². The first kappa shape index (κ1) is 14.2. The van der Waals surface area contributed by atoms with Crippen molar-refractivity contribution in [3.63, 3.8) is 0 Å². The quantitative estimate of drug-likeness (QED) is 0.578. The molecule has 0 unspecified atom stereocenters. The highest BCUT2D eigenvalue weighted by molar-refractivity contribution is 5.81. The lowest BCUT2D eigenvalue weighted by molar-refractivity contribution is 0.203. The van der Waals surface area contributed by atoms with E-state index in [1.807, 2.05) is 54.6 Å². The summed E-state index contributed by atoms with van der Waals surface area (Å²) in [5.41, 5.74) is 4.28. The number of rotatable bonds is 3. The van der Waals surface area contributed by atoms with Crippen molar-refractivity contribution in [1.82, 2.24) is 24.5 Å². The van der Waals surface area contributed by atoms with Gasteiger partial charge in [-0.1, -0.05) is 6.07 Å². The van der Waals surface area contributed by atoms with Gasteiger partial charge >= 0.3 is 0 Å². The first-order valence-electron chi connectivity index (χ1n) is 8.35. The summed E-state index contributed by atoms with van der Waals surface area (Å²) in [6.45, 7) is 0. The van der Waals surface area contributed by atoms with Crippen LogP contribution in [0.4, 0.5) is 0 Å². The van der Waals surface area contributed by atoms with Gasteiger partial charge in [-0.15, -0.1) is 0 Å². The van der Waals surface area contributed by atoms with Crippen LogP contribution in [0, 0.1) is 0 Å². The minimum absolute atomic E-state index is 0.0170. The molecule has 25 heavy (non-hydrogen) atoms. The molecule has 3 aromatic heterocycles. The van der Waals surface area contributed by atoms with E-state index in [4.69, 9.17) is 4.74 Å². The molecule has 6 heteroatoms. The number of aryl methyl sites for hydroxylation is 2. The molecule has 0 saturated carbocycles. The Bertz CT molecular complexity index is 1060. The molecule has 4 aromatic rings. The van der Waals surface area contributed by atoms with Crippen molar-refractivity contribution in [2.75, 3.05) is 0 Å². The predicted molar refractivity (Wildman–Crippen MR) is 93.8 cm³/mol. The number of hydrogen-bond donors (Lipinski definition) is 0. The van der Waals surface area contributed by atoms with Crippen LogP contribution in [0.25, 0.3) is 16.6 Å². The summed E-state index contributed by atoms with van der Waals surface area (Å²) in [5.74, 6) is 0.835. The van der Waals surface area contributed by atoms with E-state index in [0.29, 0.717) is 0 Å². The SMILES string of the molecule is Cn1cc(-n2ncc3ccc(O[C@@H]4CCc5cccnc54)cc32)cn1. The van der Waals surface area contributed by atoms with E-state index < -0.39 is 0 Å². The zero-order valence-electron chi connectivity index (χ0n) is 13.8. The van der Waals surface area contributed by atoms with Gasteiger partial charge in [0.2, 0.25) is 0 Å².